The highest BCUT2D eigenvalue weighted by atomic mass is 32.2. The zero-order valence-electron chi connectivity index (χ0n) is 16.0. The van der Waals surface area contributed by atoms with E-state index in [1.807, 2.05) is 4.90 Å². The fourth-order valence-electron chi connectivity index (χ4n) is 4.52. The molecule has 1 saturated carbocycles. The molecule has 1 amide bonds. The molecule has 2 heterocycles. The molecule has 142 valence electrons. The monoisotopic (exact) mass is 381 g/mol. The van der Waals surface area contributed by atoms with Crippen molar-refractivity contribution in [3.8, 4) is 6.07 Å². The van der Waals surface area contributed by atoms with Crippen LogP contribution in [0.3, 0.4) is 0 Å². The summed E-state index contributed by atoms with van der Waals surface area (Å²) in [7, 11) is 0. The van der Waals surface area contributed by atoms with E-state index in [4.69, 9.17) is 0 Å². The Labute approximate surface area is 166 Å². The average Bonchev–Trinajstić information content (AvgIpc) is 2.74. The first-order chi connectivity index (χ1) is 13.2. The summed E-state index contributed by atoms with van der Waals surface area (Å²) in [6.45, 7) is 2.79. The number of carbonyl (C=O) groups excluding carboxylic acids is 1. The first kappa shape index (κ1) is 18.6. The van der Waals surface area contributed by atoms with Gasteiger partial charge >= 0.3 is 0 Å². The van der Waals surface area contributed by atoms with Crippen molar-refractivity contribution in [1.29, 1.82) is 5.26 Å². The molecule has 27 heavy (non-hydrogen) atoms. The highest BCUT2D eigenvalue weighted by molar-refractivity contribution is 8.03. The second-order valence-electron chi connectivity index (χ2n) is 7.80. The van der Waals surface area contributed by atoms with Crippen LogP contribution in [0.25, 0.3) is 0 Å². The fraction of sp³-hybridized carbons (Fsp3) is 0.545. The van der Waals surface area contributed by atoms with Gasteiger partial charge in [-0.05, 0) is 30.4 Å². The largest absolute Gasteiger partial charge is 0.292 e. The van der Waals surface area contributed by atoms with Crippen LogP contribution < -0.4 is 0 Å². The predicted molar refractivity (Wildman–Crippen MR) is 109 cm³/mol. The molecule has 1 saturated heterocycles. The third-order valence-electron chi connectivity index (χ3n) is 6.20. The van der Waals surface area contributed by atoms with Crippen molar-refractivity contribution in [1.82, 2.24) is 9.80 Å². The molecule has 1 aliphatic carbocycles. The lowest BCUT2D eigenvalue weighted by molar-refractivity contribution is -0.132. The van der Waals surface area contributed by atoms with E-state index in [1.165, 1.54) is 37.7 Å². The van der Waals surface area contributed by atoms with Crippen LogP contribution in [0.1, 0.15) is 62.5 Å². The Kier molecular flexibility index (Phi) is 5.56. The van der Waals surface area contributed by atoms with Gasteiger partial charge in [-0.3, -0.25) is 14.6 Å². The zero-order chi connectivity index (χ0) is 18.8. The molecule has 2 fully saturated rings. The van der Waals surface area contributed by atoms with Crippen molar-refractivity contribution in [2.45, 2.75) is 63.8 Å². The van der Waals surface area contributed by atoms with E-state index in [2.05, 4.69) is 42.2 Å². The number of allylic oxidation sites excluding steroid dienone is 1. The summed E-state index contributed by atoms with van der Waals surface area (Å²) in [5.74, 6) is 0.936. The Hall–Kier alpha value is -1.77. The third-order valence-corrected chi connectivity index (χ3v) is 7.37. The van der Waals surface area contributed by atoms with Crippen LogP contribution in [-0.2, 0) is 11.2 Å². The van der Waals surface area contributed by atoms with Gasteiger partial charge in [-0.1, -0.05) is 62.2 Å². The first-order valence-electron chi connectivity index (χ1n) is 10.1. The van der Waals surface area contributed by atoms with E-state index in [0.29, 0.717) is 19.1 Å². The minimum atomic E-state index is -0.103. The number of fused-ring (bicyclic) bond motifs is 1. The van der Waals surface area contributed by atoms with E-state index in [9.17, 15) is 10.1 Å². The van der Waals surface area contributed by atoms with Gasteiger partial charge in [0.1, 0.15) is 0 Å². The topological polar surface area (TPSA) is 47.3 Å². The number of carbonyl (C=O) groups is 1. The molecule has 0 spiro atoms. The van der Waals surface area contributed by atoms with Crippen molar-refractivity contribution in [3.05, 3.63) is 46.0 Å². The minimum Gasteiger partial charge on any atom is -0.292 e. The van der Waals surface area contributed by atoms with Crippen LogP contribution in [-0.4, -0.2) is 34.3 Å². The summed E-state index contributed by atoms with van der Waals surface area (Å²) in [5, 5.41) is 10.8. The summed E-state index contributed by atoms with van der Waals surface area (Å²) in [6, 6.07) is 11.4. The van der Waals surface area contributed by atoms with Gasteiger partial charge in [-0.15, -0.1) is 0 Å². The predicted octanol–water partition coefficient (Wildman–Crippen LogP) is 4.60. The molecule has 0 unspecified atom stereocenters. The number of aryl methyl sites for hydroxylation is 1. The molecule has 1 aromatic rings. The van der Waals surface area contributed by atoms with Crippen molar-refractivity contribution in [3.63, 3.8) is 0 Å². The lowest BCUT2D eigenvalue weighted by Gasteiger charge is -2.44. The molecule has 5 heteroatoms. The Morgan fingerprint density at radius 3 is 2.59 bits per heavy atom. The molecule has 1 aromatic carbocycles. The van der Waals surface area contributed by atoms with Crippen molar-refractivity contribution >= 4 is 17.7 Å². The maximum absolute atomic E-state index is 13.0. The maximum atomic E-state index is 13.0. The molecule has 4 nitrogen and oxygen atoms in total. The molecule has 0 N–H and O–H groups in total. The molecule has 1 atom stereocenters. The van der Waals surface area contributed by atoms with Gasteiger partial charge in [-0.25, -0.2) is 0 Å². The molecule has 0 aromatic heterocycles. The van der Waals surface area contributed by atoms with Gasteiger partial charge in [0.05, 0.1) is 29.2 Å². The summed E-state index contributed by atoms with van der Waals surface area (Å²) >= 11 is 1.68. The number of nitriles is 1. The summed E-state index contributed by atoms with van der Waals surface area (Å²) in [5.41, 5.74) is 3.13. The molecule has 2 aliphatic heterocycles. The normalized spacial score (nSPS) is 24.7. The van der Waals surface area contributed by atoms with Crippen LogP contribution >= 0.6 is 11.8 Å². The van der Waals surface area contributed by atoms with Crippen LogP contribution in [0.2, 0.25) is 0 Å². The highest BCUT2D eigenvalue weighted by Crippen LogP contribution is 2.43. The standard InChI is InChI=1S/C22H27N3OS/c1-2-16-8-10-17(11-9-16)19-12-21(26)25-14-24(18-6-4-3-5-7-18)15-27-22(25)20(19)13-23/h8-11,18-19H,2-7,12,14-15H2,1H3/t19-/m1/s1. The van der Waals surface area contributed by atoms with Crippen molar-refractivity contribution in [2.24, 2.45) is 0 Å². The Morgan fingerprint density at radius 2 is 1.93 bits per heavy atom. The molecule has 4 rings (SSSR count). The molecule has 0 bridgehead atoms. The smallest absolute Gasteiger partial charge is 0.229 e. The van der Waals surface area contributed by atoms with Crippen LogP contribution in [0, 0.1) is 11.3 Å². The van der Waals surface area contributed by atoms with E-state index in [-0.39, 0.29) is 11.8 Å². The minimum absolute atomic E-state index is 0.103. The van der Waals surface area contributed by atoms with Gasteiger partial charge in [0.25, 0.3) is 0 Å². The zero-order valence-corrected chi connectivity index (χ0v) is 16.8. The number of thioether (sulfide) groups is 1. The number of hydrogen-bond acceptors (Lipinski definition) is 4. The van der Waals surface area contributed by atoms with Gasteiger partial charge in [-0.2, -0.15) is 5.26 Å². The number of rotatable bonds is 3. The maximum Gasteiger partial charge on any atom is 0.229 e. The second kappa shape index (κ2) is 8.08. The van der Waals surface area contributed by atoms with E-state index in [0.717, 1.165) is 28.5 Å². The first-order valence-corrected chi connectivity index (χ1v) is 11.1. The van der Waals surface area contributed by atoms with Gasteiger partial charge in [0.15, 0.2) is 0 Å². The van der Waals surface area contributed by atoms with Crippen LogP contribution in [0.5, 0.6) is 0 Å². The summed E-state index contributed by atoms with van der Waals surface area (Å²) in [6.07, 6.45) is 7.79. The fourth-order valence-corrected chi connectivity index (χ4v) is 5.76. The lowest BCUT2D eigenvalue weighted by Crippen LogP contribution is -2.51. The Morgan fingerprint density at radius 1 is 1.19 bits per heavy atom. The average molecular weight is 382 g/mol. The molecule has 3 aliphatic rings. The number of benzene rings is 1. The van der Waals surface area contributed by atoms with E-state index in [1.54, 1.807) is 11.8 Å². The summed E-state index contributed by atoms with van der Waals surface area (Å²) < 4.78 is 0. The van der Waals surface area contributed by atoms with Gasteiger partial charge in [0.2, 0.25) is 5.91 Å². The third kappa shape index (κ3) is 3.66. The van der Waals surface area contributed by atoms with E-state index < -0.39 is 0 Å². The van der Waals surface area contributed by atoms with E-state index >= 15 is 0 Å². The highest BCUT2D eigenvalue weighted by Gasteiger charge is 2.39. The van der Waals surface area contributed by atoms with Gasteiger partial charge in [0, 0.05) is 18.4 Å². The van der Waals surface area contributed by atoms with Crippen LogP contribution in [0.15, 0.2) is 34.9 Å². The van der Waals surface area contributed by atoms with Crippen LogP contribution in [0.4, 0.5) is 0 Å². The van der Waals surface area contributed by atoms with Gasteiger partial charge < -0.3 is 0 Å². The second-order valence-corrected chi connectivity index (χ2v) is 8.73. The molecular weight excluding hydrogens is 354 g/mol. The van der Waals surface area contributed by atoms with Crippen molar-refractivity contribution < 1.29 is 4.79 Å². The van der Waals surface area contributed by atoms with Crippen molar-refractivity contribution in [2.75, 3.05) is 12.5 Å². The number of nitrogens with zero attached hydrogens (tertiary/aromatic N) is 3. The Balaban J connectivity index is 1.59. The summed E-state index contributed by atoms with van der Waals surface area (Å²) in [4.78, 5) is 17.3. The lowest BCUT2D eigenvalue weighted by atomic mass is 9.86. The quantitative estimate of drug-likeness (QED) is 0.768. The molecular formula is C22H27N3OS. The number of hydrogen-bond donors (Lipinski definition) is 0. The Bertz CT molecular complexity index is 774. The molecule has 0 radical (unpaired) electrons. The SMILES string of the molecule is CCc1ccc([C@H]2CC(=O)N3CN(C4CCCCC4)CSC3=C2C#N)cc1. The number of amides is 1.